The van der Waals surface area contributed by atoms with Crippen molar-refractivity contribution in [3.8, 4) is 0 Å². The molecule has 2 fully saturated rings. The summed E-state index contributed by atoms with van der Waals surface area (Å²) in [6, 6.07) is 0. The van der Waals surface area contributed by atoms with Gasteiger partial charge >= 0.3 is 0 Å². The third kappa shape index (κ3) is 2.94. The number of rotatable bonds is 2. The van der Waals surface area contributed by atoms with Crippen molar-refractivity contribution in [3.63, 3.8) is 0 Å². The molecule has 0 aliphatic carbocycles. The monoisotopic (exact) mass is 199 g/mol. The van der Waals surface area contributed by atoms with Gasteiger partial charge in [-0.25, -0.2) is 0 Å². The van der Waals surface area contributed by atoms with Crippen LogP contribution in [0, 0.1) is 5.92 Å². The molecular weight excluding hydrogens is 178 g/mol. The summed E-state index contributed by atoms with van der Waals surface area (Å²) in [6.45, 7) is 5.09. The average Bonchev–Trinajstić information content (AvgIpc) is 2.19. The first-order valence-corrected chi connectivity index (χ1v) is 5.83. The van der Waals surface area contributed by atoms with Crippen LogP contribution in [0.1, 0.15) is 25.7 Å². The maximum Gasteiger partial charge on any atom is 0.0667 e. The van der Waals surface area contributed by atoms with Crippen LogP contribution in [0.15, 0.2) is 0 Å². The summed E-state index contributed by atoms with van der Waals surface area (Å²) < 4.78 is 5.34. The fourth-order valence-electron chi connectivity index (χ4n) is 2.49. The smallest absolute Gasteiger partial charge is 0.0667 e. The molecule has 2 aliphatic rings. The Bertz CT molecular complexity index is 169. The molecule has 2 heterocycles. The van der Waals surface area contributed by atoms with E-state index in [1.54, 1.807) is 0 Å². The minimum absolute atomic E-state index is 0.0800. The van der Waals surface area contributed by atoms with Crippen molar-refractivity contribution < 1.29 is 9.84 Å². The van der Waals surface area contributed by atoms with Gasteiger partial charge in [0.2, 0.25) is 0 Å². The van der Waals surface area contributed by atoms with Crippen molar-refractivity contribution in [1.82, 2.24) is 4.90 Å². The molecule has 2 rings (SSSR count). The molecule has 14 heavy (non-hydrogen) atoms. The molecule has 1 N–H and O–H groups in total. The molecule has 2 aliphatic heterocycles. The molecule has 0 radical (unpaired) electrons. The molecule has 0 saturated carbocycles. The number of β-amino-alcohol motifs (C(OH)–C–C–N with tert-alkyl or cyclic N) is 1. The van der Waals surface area contributed by atoms with Crippen molar-refractivity contribution in [2.24, 2.45) is 5.92 Å². The van der Waals surface area contributed by atoms with Gasteiger partial charge < -0.3 is 14.7 Å². The lowest BCUT2D eigenvalue weighted by atomic mass is 9.98. The predicted octanol–water partition coefficient (Wildman–Crippen LogP) is 0.870. The van der Waals surface area contributed by atoms with E-state index in [0.29, 0.717) is 0 Å². The Labute approximate surface area is 86.0 Å². The van der Waals surface area contributed by atoms with Crippen molar-refractivity contribution in [1.29, 1.82) is 0 Å². The maximum absolute atomic E-state index is 9.54. The molecule has 3 nitrogen and oxygen atoms in total. The second-order valence-electron chi connectivity index (χ2n) is 4.61. The number of hydrogen-bond acceptors (Lipinski definition) is 3. The van der Waals surface area contributed by atoms with Gasteiger partial charge in [0.1, 0.15) is 0 Å². The second kappa shape index (κ2) is 5.10. The minimum atomic E-state index is -0.0800. The highest BCUT2D eigenvalue weighted by Gasteiger charge is 2.22. The zero-order valence-corrected chi connectivity index (χ0v) is 8.82. The number of aliphatic hydroxyl groups is 1. The Morgan fingerprint density at radius 3 is 2.71 bits per heavy atom. The van der Waals surface area contributed by atoms with Gasteiger partial charge in [0, 0.05) is 26.3 Å². The zero-order valence-electron chi connectivity index (χ0n) is 8.82. The number of aliphatic hydroxyl groups excluding tert-OH is 1. The fourth-order valence-corrected chi connectivity index (χ4v) is 2.49. The molecule has 0 unspecified atom stereocenters. The summed E-state index contributed by atoms with van der Waals surface area (Å²) in [5.74, 6) is 0.800. The quantitative estimate of drug-likeness (QED) is 0.716. The van der Waals surface area contributed by atoms with Gasteiger partial charge in [0.05, 0.1) is 6.10 Å². The Hall–Kier alpha value is -0.120. The molecule has 0 spiro atoms. The summed E-state index contributed by atoms with van der Waals surface area (Å²) in [5, 5.41) is 9.54. The predicted molar refractivity (Wildman–Crippen MR) is 55.2 cm³/mol. The number of nitrogens with zero attached hydrogens (tertiary/aromatic N) is 1. The maximum atomic E-state index is 9.54. The van der Waals surface area contributed by atoms with Gasteiger partial charge in [0.25, 0.3) is 0 Å². The SMILES string of the molecule is O[C@@H]1CCCN(CC2CCOCC2)C1. The lowest BCUT2D eigenvalue weighted by Gasteiger charge is -2.34. The van der Waals surface area contributed by atoms with E-state index in [9.17, 15) is 5.11 Å². The van der Waals surface area contributed by atoms with Crippen LogP contribution in [0.2, 0.25) is 0 Å². The molecule has 1 atom stereocenters. The van der Waals surface area contributed by atoms with Crippen LogP contribution in [0.3, 0.4) is 0 Å². The van der Waals surface area contributed by atoms with Crippen LogP contribution >= 0.6 is 0 Å². The Morgan fingerprint density at radius 2 is 2.00 bits per heavy atom. The van der Waals surface area contributed by atoms with E-state index in [1.165, 1.54) is 25.9 Å². The van der Waals surface area contributed by atoms with E-state index in [4.69, 9.17) is 4.74 Å². The Kier molecular flexibility index (Phi) is 3.79. The number of piperidine rings is 1. The Balaban J connectivity index is 1.72. The van der Waals surface area contributed by atoms with Crippen LogP contribution in [-0.4, -0.2) is 49.0 Å². The van der Waals surface area contributed by atoms with Gasteiger partial charge in [-0.15, -0.1) is 0 Å². The molecular formula is C11H21NO2. The van der Waals surface area contributed by atoms with Gasteiger partial charge in [-0.05, 0) is 38.1 Å². The van der Waals surface area contributed by atoms with Crippen LogP contribution in [0.5, 0.6) is 0 Å². The van der Waals surface area contributed by atoms with E-state index in [2.05, 4.69) is 4.90 Å². The topological polar surface area (TPSA) is 32.7 Å². The molecule has 0 aromatic rings. The summed E-state index contributed by atoms with van der Waals surface area (Å²) in [5.41, 5.74) is 0. The second-order valence-corrected chi connectivity index (χ2v) is 4.61. The highest BCUT2D eigenvalue weighted by atomic mass is 16.5. The summed E-state index contributed by atoms with van der Waals surface area (Å²) >= 11 is 0. The van der Waals surface area contributed by atoms with Gasteiger partial charge in [-0.2, -0.15) is 0 Å². The largest absolute Gasteiger partial charge is 0.392 e. The van der Waals surface area contributed by atoms with Crippen molar-refractivity contribution in [3.05, 3.63) is 0 Å². The number of likely N-dealkylation sites (tertiary alicyclic amines) is 1. The van der Waals surface area contributed by atoms with Gasteiger partial charge in [0.15, 0.2) is 0 Å². The summed E-state index contributed by atoms with van der Waals surface area (Å²) in [7, 11) is 0. The molecule has 0 bridgehead atoms. The lowest BCUT2D eigenvalue weighted by Crippen LogP contribution is -2.41. The van der Waals surface area contributed by atoms with Crippen molar-refractivity contribution in [2.45, 2.75) is 31.8 Å². The Morgan fingerprint density at radius 1 is 1.21 bits per heavy atom. The first kappa shape index (κ1) is 10.4. The molecule has 0 aromatic carbocycles. The van der Waals surface area contributed by atoms with Crippen LogP contribution in [-0.2, 0) is 4.74 Å². The molecule has 82 valence electrons. The van der Waals surface area contributed by atoms with Gasteiger partial charge in [-0.1, -0.05) is 0 Å². The first-order chi connectivity index (χ1) is 6.84. The summed E-state index contributed by atoms with van der Waals surface area (Å²) in [6.07, 6.45) is 4.47. The highest BCUT2D eigenvalue weighted by Crippen LogP contribution is 2.18. The van der Waals surface area contributed by atoms with Crippen LogP contribution < -0.4 is 0 Å². The van der Waals surface area contributed by atoms with E-state index in [-0.39, 0.29) is 6.10 Å². The third-order valence-corrected chi connectivity index (χ3v) is 3.34. The first-order valence-electron chi connectivity index (χ1n) is 5.83. The number of hydrogen-bond donors (Lipinski definition) is 1. The lowest BCUT2D eigenvalue weighted by molar-refractivity contribution is 0.0278. The van der Waals surface area contributed by atoms with E-state index in [0.717, 1.165) is 38.5 Å². The minimum Gasteiger partial charge on any atom is -0.392 e. The molecule has 2 saturated heterocycles. The van der Waals surface area contributed by atoms with Gasteiger partial charge in [-0.3, -0.25) is 0 Å². The summed E-state index contributed by atoms with van der Waals surface area (Å²) in [4.78, 5) is 2.42. The standard InChI is InChI=1S/C11H21NO2/c13-11-2-1-5-12(9-11)8-10-3-6-14-7-4-10/h10-11,13H,1-9H2/t11-/m1/s1. The normalized spacial score (nSPS) is 31.9. The number of ether oxygens (including phenoxy) is 1. The fraction of sp³-hybridized carbons (Fsp3) is 1.00. The van der Waals surface area contributed by atoms with Crippen molar-refractivity contribution in [2.75, 3.05) is 32.8 Å². The van der Waals surface area contributed by atoms with E-state index < -0.39 is 0 Å². The molecule has 0 amide bonds. The third-order valence-electron chi connectivity index (χ3n) is 3.34. The molecule has 0 aromatic heterocycles. The zero-order chi connectivity index (χ0) is 9.80. The van der Waals surface area contributed by atoms with E-state index >= 15 is 0 Å². The van der Waals surface area contributed by atoms with Crippen molar-refractivity contribution >= 4 is 0 Å². The molecule has 3 heteroatoms. The van der Waals surface area contributed by atoms with Crippen LogP contribution in [0.25, 0.3) is 0 Å². The average molecular weight is 199 g/mol. The van der Waals surface area contributed by atoms with Crippen LogP contribution in [0.4, 0.5) is 0 Å². The highest BCUT2D eigenvalue weighted by molar-refractivity contribution is 4.75. The van der Waals surface area contributed by atoms with E-state index in [1.807, 2.05) is 0 Å².